The topological polar surface area (TPSA) is 41.1 Å². The quantitative estimate of drug-likeness (QED) is 0.799. The number of halogens is 2. The molecular formula is C17H14F2N2O. The van der Waals surface area contributed by atoms with Gasteiger partial charge >= 0.3 is 6.03 Å². The van der Waals surface area contributed by atoms with E-state index in [-0.39, 0.29) is 5.69 Å². The third-order valence-corrected chi connectivity index (χ3v) is 3.47. The fourth-order valence-electron chi connectivity index (χ4n) is 2.56. The third-order valence-electron chi connectivity index (χ3n) is 3.47. The molecule has 0 saturated carbocycles. The first-order valence-corrected chi connectivity index (χ1v) is 6.82. The van der Waals surface area contributed by atoms with E-state index in [0.29, 0.717) is 5.69 Å². The van der Waals surface area contributed by atoms with E-state index in [2.05, 4.69) is 17.2 Å². The molecule has 2 aromatic rings. The van der Waals surface area contributed by atoms with Gasteiger partial charge in [0.1, 0.15) is 11.6 Å². The molecule has 0 heterocycles. The van der Waals surface area contributed by atoms with E-state index in [4.69, 9.17) is 0 Å². The van der Waals surface area contributed by atoms with Gasteiger partial charge in [0.25, 0.3) is 0 Å². The molecule has 0 spiro atoms. The maximum Gasteiger partial charge on any atom is 0.323 e. The molecule has 0 bridgehead atoms. The van der Waals surface area contributed by atoms with Crippen LogP contribution in [-0.4, -0.2) is 6.03 Å². The molecule has 0 fully saturated rings. The molecule has 22 heavy (non-hydrogen) atoms. The van der Waals surface area contributed by atoms with Crippen LogP contribution in [0.5, 0.6) is 0 Å². The van der Waals surface area contributed by atoms with E-state index < -0.39 is 17.7 Å². The molecule has 0 radical (unpaired) electrons. The maximum atomic E-state index is 13.1. The van der Waals surface area contributed by atoms with Gasteiger partial charge in [0.05, 0.1) is 0 Å². The molecule has 3 nitrogen and oxygen atoms in total. The van der Waals surface area contributed by atoms with Gasteiger partial charge in [-0.05, 0) is 48.2 Å². The average Bonchev–Trinajstić information content (AvgIpc) is 2.76. The fraction of sp³-hybridized carbons (Fsp3) is 0.118. The largest absolute Gasteiger partial charge is 0.323 e. The molecule has 0 atom stereocenters. The van der Waals surface area contributed by atoms with Gasteiger partial charge in [-0.15, -0.1) is 0 Å². The fourth-order valence-corrected chi connectivity index (χ4v) is 2.56. The van der Waals surface area contributed by atoms with Crippen LogP contribution in [0.2, 0.25) is 0 Å². The first-order chi connectivity index (χ1) is 10.5. The van der Waals surface area contributed by atoms with Gasteiger partial charge in [-0.1, -0.05) is 18.2 Å². The highest BCUT2D eigenvalue weighted by Gasteiger charge is 2.14. The highest BCUT2D eigenvalue weighted by Crippen LogP contribution is 2.27. The van der Waals surface area contributed by atoms with Crippen molar-refractivity contribution in [3.05, 3.63) is 71.3 Å². The summed E-state index contributed by atoms with van der Waals surface area (Å²) in [4.78, 5) is 11.9. The Kier molecular flexibility index (Phi) is 3.63. The molecule has 3 rings (SSSR count). The van der Waals surface area contributed by atoms with Gasteiger partial charge in [0.2, 0.25) is 0 Å². The van der Waals surface area contributed by atoms with Crippen molar-refractivity contribution in [2.24, 2.45) is 0 Å². The zero-order valence-corrected chi connectivity index (χ0v) is 11.7. The van der Waals surface area contributed by atoms with Gasteiger partial charge in [0.15, 0.2) is 0 Å². The van der Waals surface area contributed by atoms with Gasteiger partial charge in [0, 0.05) is 17.4 Å². The minimum atomic E-state index is -0.744. The monoisotopic (exact) mass is 300 g/mol. The Bertz CT molecular complexity index is 751. The number of fused-ring (bicyclic) bond motifs is 1. The first kappa shape index (κ1) is 14.3. The Labute approximate surface area is 126 Å². The van der Waals surface area contributed by atoms with E-state index in [1.807, 2.05) is 12.1 Å². The van der Waals surface area contributed by atoms with Crippen LogP contribution in [0.25, 0.3) is 0 Å². The van der Waals surface area contributed by atoms with Crippen LogP contribution in [-0.2, 0) is 12.8 Å². The normalized spacial score (nSPS) is 12.9. The standard InChI is InChI=1S/C17H14F2N2O/c1-10-4-11-2-3-15(6-12(11)5-10)20-17(22)21-16-8-13(18)7-14(19)9-16/h2-3,6-9H,1,4-5H2,(H2,20,21,22). The molecular weight excluding hydrogens is 286 g/mol. The zero-order valence-electron chi connectivity index (χ0n) is 11.7. The van der Waals surface area contributed by atoms with Gasteiger partial charge in [-0.2, -0.15) is 0 Å². The van der Waals surface area contributed by atoms with Gasteiger partial charge < -0.3 is 10.6 Å². The van der Waals surface area contributed by atoms with Crippen LogP contribution in [0.4, 0.5) is 25.0 Å². The number of benzene rings is 2. The van der Waals surface area contributed by atoms with Crippen LogP contribution in [0, 0.1) is 11.6 Å². The number of amides is 2. The van der Waals surface area contributed by atoms with E-state index in [1.165, 1.54) is 5.56 Å². The summed E-state index contributed by atoms with van der Waals surface area (Å²) in [7, 11) is 0. The minimum Gasteiger partial charge on any atom is -0.308 e. The van der Waals surface area contributed by atoms with Crippen LogP contribution in [0.1, 0.15) is 11.1 Å². The number of anilines is 2. The smallest absolute Gasteiger partial charge is 0.308 e. The van der Waals surface area contributed by atoms with E-state index in [1.54, 1.807) is 6.07 Å². The highest BCUT2D eigenvalue weighted by atomic mass is 19.1. The molecule has 0 saturated heterocycles. The summed E-state index contributed by atoms with van der Waals surface area (Å²) in [5, 5.41) is 5.05. The lowest BCUT2D eigenvalue weighted by molar-refractivity contribution is 0.262. The second-order valence-corrected chi connectivity index (χ2v) is 5.32. The molecule has 2 N–H and O–H groups in total. The number of rotatable bonds is 2. The predicted molar refractivity (Wildman–Crippen MR) is 82.0 cm³/mol. The van der Waals surface area contributed by atoms with Crippen LogP contribution < -0.4 is 10.6 Å². The van der Waals surface area contributed by atoms with Crippen molar-refractivity contribution in [1.82, 2.24) is 0 Å². The first-order valence-electron chi connectivity index (χ1n) is 6.82. The number of hydrogen-bond acceptors (Lipinski definition) is 1. The number of carbonyl (C=O) groups excluding carboxylic acids is 1. The lowest BCUT2D eigenvalue weighted by Gasteiger charge is -2.09. The Morgan fingerprint density at radius 3 is 2.27 bits per heavy atom. The third kappa shape index (κ3) is 3.14. The Morgan fingerprint density at radius 1 is 0.909 bits per heavy atom. The molecule has 112 valence electrons. The van der Waals surface area contributed by atoms with E-state index >= 15 is 0 Å². The molecule has 0 unspecified atom stereocenters. The molecule has 2 amide bonds. The summed E-state index contributed by atoms with van der Waals surface area (Å²) in [6.07, 6.45) is 1.67. The summed E-state index contributed by atoms with van der Waals surface area (Å²) in [6, 6.07) is 7.93. The Balaban J connectivity index is 1.69. The number of hydrogen-bond donors (Lipinski definition) is 2. The second kappa shape index (κ2) is 5.60. The predicted octanol–water partition coefficient (Wildman–Crippen LogP) is 4.26. The second-order valence-electron chi connectivity index (χ2n) is 5.32. The number of urea groups is 1. The van der Waals surface area contributed by atoms with Crippen molar-refractivity contribution in [3.8, 4) is 0 Å². The number of nitrogens with one attached hydrogen (secondary N) is 2. The molecule has 5 heteroatoms. The van der Waals surface area contributed by atoms with Crippen molar-refractivity contribution >= 4 is 17.4 Å². The summed E-state index contributed by atoms with van der Waals surface area (Å²) >= 11 is 0. The summed E-state index contributed by atoms with van der Waals surface area (Å²) in [5.41, 5.74) is 4.18. The summed E-state index contributed by atoms with van der Waals surface area (Å²) < 4.78 is 26.1. The van der Waals surface area contributed by atoms with E-state index in [9.17, 15) is 13.6 Å². The zero-order chi connectivity index (χ0) is 15.7. The minimum absolute atomic E-state index is 0.0598. The average molecular weight is 300 g/mol. The van der Waals surface area contributed by atoms with Crippen molar-refractivity contribution in [2.45, 2.75) is 12.8 Å². The van der Waals surface area contributed by atoms with Crippen molar-refractivity contribution in [3.63, 3.8) is 0 Å². The Hall–Kier alpha value is -2.69. The van der Waals surface area contributed by atoms with Crippen molar-refractivity contribution in [2.75, 3.05) is 10.6 Å². The maximum absolute atomic E-state index is 13.1. The van der Waals surface area contributed by atoms with E-state index in [0.717, 1.165) is 42.2 Å². The highest BCUT2D eigenvalue weighted by molar-refractivity contribution is 5.99. The molecule has 0 aromatic heterocycles. The van der Waals surface area contributed by atoms with Crippen LogP contribution in [0.3, 0.4) is 0 Å². The van der Waals surface area contributed by atoms with Gasteiger partial charge in [-0.25, -0.2) is 13.6 Å². The van der Waals surface area contributed by atoms with Gasteiger partial charge in [-0.3, -0.25) is 0 Å². The molecule has 2 aromatic carbocycles. The lowest BCUT2D eigenvalue weighted by atomic mass is 10.1. The number of carbonyl (C=O) groups is 1. The molecule has 1 aliphatic rings. The SMILES string of the molecule is C=C1Cc2ccc(NC(=O)Nc3cc(F)cc(F)c3)cc2C1. The van der Waals surface area contributed by atoms with Crippen molar-refractivity contribution < 1.29 is 13.6 Å². The Morgan fingerprint density at radius 2 is 1.55 bits per heavy atom. The number of allylic oxidation sites excluding steroid dienone is 1. The molecule has 0 aliphatic heterocycles. The lowest BCUT2D eigenvalue weighted by Crippen LogP contribution is -2.19. The van der Waals surface area contributed by atoms with Crippen molar-refractivity contribution in [1.29, 1.82) is 0 Å². The summed E-state index contributed by atoms with van der Waals surface area (Å²) in [5.74, 6) is -1.49. The molecule has 1 aliphatic carbocycles. The van der Waals surface area contributed by atoms with Crippen LogP contribution in [0.15, 0.2) is 48.6 Å². The van der Waals surface area contributed by atoms with Crippen LogP contribution >= 0.6 is 0 Å². The summed E-state index contributed by atoms with van der Waals surface area (Å²) in [6.45, 7) is 3.96.